The lowest BCUT2D eigenvalue weighted by Gasteiger charge is -2.32. The molecule has 1 amide bonds. The van der Waals surface area contributed by atoms with Crippen LogP contribution in [0.5, 0.6) is 0 Å². The van der Waals surface area contributed by atoms with Crippen molar-refractivity contribution >= 4 is 34.4 Å². The Morgan fingerprint density at radius 3 is 1.69 bits per heavy atom. The number of hydrogen-bond acceptors (Lipinski definition) is 4. The van der Waals surface area contributed by atoms with Gasteiger partial charge < -0.3 is 15.1 Å². The number of halogens is 9. The van der Waals surface area contributed by atoms with Gasteiger partial charge in [-0.2, -0.15) is 39.5 Å². The van der Waals surface area contributed by atoms with Crippen molar-refractivity contribution in [2.24, 2.45) is 0 Å². The number of rotatable bonds is 6. The first-order valence-electron chi connectivity index (χ1n) is 13.5. The number of carbonyl (C=O) groups is 3. The molecule has 0 saturated heterocycles. The first-order valence-corrected chi connectivity index (χ1v) is 13.5. The number of pyridine rings is 1. The number of aromatic nitrogens is 1. The number of carboxylic acid groups (broad SMARTS) is 2. The normalized spacial score (nSPS) is 12.2. The van der Waals surface area contributed by atoms with Crippen LogP contribution in [0.2, 0.25) is 0 Å². The number of aliphatic carboxylic acids is 2. The number of fused-ring (bicyclic) bond motifs is 1. The van der Waals surface area contributed by atoms with E-state index in [0.717, 1.165) is 0 Å². The number of alkyl halides is 9. The summed E-state index contributed by atoms with van der Waals surface area (Å²) >= 11 is 0. The predicted octanol–water partition coefficient (Wildman–Crippen LogP) is 8.14. The van der Waals surface area contributed by atoms with Gasteiger partial charge in [0, 0.05) is 18.0 Å². The fourth-order valence-corrected chi connectivity index (χ4v) is 4.64. The highest BCUT2D eigenvalue weighted by Crippen LogP contribution is 2.42. The molecule has 4 rings (SSSR count). The maximum atomic E-state index is 13.9. The minimum atomic E-state index is -5.08. The quantitative estimate of drug-likeness (QED) is 0.198. The van der Waals surface area contributed by atoms with Gasteiger partial charge >= 0.3 is 30.5 Å². The molecule has 1 heterocycles. The Morgan fingerprint density at radius 1 is 0.729 bits per heavy atom. The van der Waals surface area contributed by atoms with E-state index < -0.39 is 58.5 Å². The van der Waals surface area contributed by atoms with Gasteiger partial charge in [-0.3, -0.25) is 14.6 Å². The topological polar surface area (TPSA) is 108 Å². The van der Waals surface area contributed by atoms with Crippen LogP contribution in [0.25, 0.3) is 22.0 Å². The van der Waals surface area contributed by atoms with Crippen LogP contribution in [0.4, 0.5) is 45.2 Å². The van der Waals surface area contributed by atoms with Crippen molar-refractivity contribution in [3.8, 4) is 11.1 Å². The number of nitrogens with zero attached hydrogens (tertiary/aromatic N) is 2. The second-order valence-corrected chi connectivity index (χ2v) is 10.9. The van der Waals surface area contributed by atoms with Crippen molar-refractivity contribution in [3.05, 3.63) is 95.2 Å². The highest BCUT2D eigenvalue weighted by Gasteiger charge is 2.41. The lowest BCUT2D eigenvalue weighted by molar-refractivity contribution is -0.192. The Labute approximate surface area is 266 Å². The van der Waals surface area contributed by atoms with Gasteiger partial charge in [-0.05, 0) is 61.4 Å². The summed E-state index contributed by atoms with van der Waals surface area (Å²) in [6.07, 6.45) is -15.5. The molecule has 0 aliphatic carbocycles. The Morgan fingerprint density at radius 2 is 1.23 bits per heavy atom. The molecule has 2 N–H and O–H groups in total. The fourth-order valence-electron chi connectivity index (χ4n) is 4.64. The number of carboxylic acids is 2. The van der Waals surface area contributed by atoms with Crippen LogP contribution >= 0.6 is 0 Å². The minimum absolute atomic E-state index is 0.0240. The summed E-state index contributed by atoms with van der Waals surface area (Å²) in [4.78, 5) is 39.5. The molecular weight excluding hydrogens is 663 g/mol. The summed E-state index contributed by atoms with van der Waals surface area (Å²) in [5, 5.41) is 16.8. The van der Waals surface area contributed by atoms with Crippen LogP contribution in [0.3, 0.4) is 0 Å². The maximum absolute atomic E-state index is 13.9. The summed E-state index contributed by atoms with van der Waals surface area (Å²) in [5.41, 5.74) is -2.99. The zero-order valence-electron chi connectivity index (χ0n) is 25.1. The highest BCUT2D eigenvalue weighted by molar-refractivity contribution is 6.09. The maximum Gasteiger partial charge on any atom is 0.490 e. The molecule has 256 valence electrons. The summed E-state index contributed by atoms with van der Waals surface area (Å²) < 4.78 is 113. The standard InChI is InChI=1S/C30H24F6N2O3.C2HF3O2/c1-28(2,18-13-19(29(31,32)33)15-20(14-18)30(34,35)36)27(41)38(3)24-12-11-23-22(10-9-21(37-23)16-25(39)40)26(24)17-7-5-4-6-8-17;3-2(4,5)1(6)7/h4-15H,16H2,1-3H3,(H,39,40);(H,6,7). The van der Waals surface area contributed by atoms with Gasteiger partial charge in [0.2, 0.25) is 5.91 Å². The average Bonchev–Trinajstić information content (AvgIpc) is 2.98. The van der Waals surface area contributed by atoms with Crippen molar-refractivity contribution in [2.75, 3.05) is 11.9 Å². The Hall–Kier alpha value is -5.15. The van der Waals surface area contributed by atoms with E-state index in [9.17, 15) is 49.1 Å². The second kappa shape index (κ2) is 13.5. The molecule has 0 saturated carbocycles. The van der Waals surface area contributed by atoms with E-state index in [2.05, 4.69) is 4.98 Å². The van der Waals surface area contributed by atoms with Crippen LogP contribution in [0, 0.1) is 0 Å². The van der Waals surface area contributed by atoms with Gasteiger partial charge in [-0.15, -0.1) is 0 Å². The number of likely N-dealkylation sites (N-methyl/N-ethyl adjacent to an activating group) is 1. The van der Waals surface area contributed by atoms with Gasteiger partial charge in [-0.25, -0.2) is 4.79 Å². The van der Waals surface area contributed by atoms with Crippen LogP contribution in [0.15, 0.2) is 72.8 Å². The molecule has 0 aliphatic rings. The summed E-state index contributed by atoms with van der Waals surface area (Å²) in [6, 6.07) is 16.3. The lowest BCUT2D eigenvalue weighted by Crippen LogP contribution is -2.42. The molecule has 16 heteroatoms. The average molecular weight is 689 g/mol. The molecule has 0 unspecified atom stereocenters. The molecule has 0 aliphatic heterocycles. The molecule has 0 fully saturated rings. The summed E-state index contributed by atoms with van der Waals surface area (Å²) in [6.45, 7) is 2.54. The third-order valence-electron chi connectivity index (χ3n) is 7.05. The number of carbonyl (C=O) groups excluding carboxylic acids is 1. The van der Waals surface area contributed by atoms with Gasteiger partial charge in [0.25, 0.3) is 0 Å². The van der Waals surface area contributed by atoms with Gasteiger partial charge in [0.1, 0.15) is 0 Å². The smallest absolute Gasteiger partial charge is 0.481 e. The van der Waals surface area contributed by atoms with Gasteiger partial charge in [0.05, 0.1) is 39.9 Å². The molecular formula is C32H25F9N2O5. The first kappa shape index (κ1) is 37.3. The van der Waals surface area contributed by atoms with Crippen LogP contribution in [0.1, 0.15) is 36.2 Å². The van der Waals surface area contributed by atoms with E-state index in [1.165, 1.54) is 25.8 Å². The molecule has 0 atom stereocenters. The van der Waals surface area contributed by atoms with Crippen LogP contribution in [-0.2, 0) is 38.6 Å². The first-order chi connectivity index (χ1) is 21.9. The van der Waals surface area contributed by atoms with Crippen LogP contribution in [-0.4, -0.2) is 46.3 Å². The highest BCUT2D eigenvalue weighted by atomic mass is 19.4. The van der Waals surface area contributed by atoms with Crippen molar-refractivity contribution < 1.29 is 64.1 Å². The Bertz CT molecular complexity index is 1800. The van der Waals surface area contributed by atoms with Gasteiger partial charge in [-0.1, -0.05) is 36.4 Å². The zero-order valence-corrected chi connectivity index (χ0v) is 25.1. The minimum Gasteiger partial charge on any atom is -0.481 e. The third-order valence-corrected chi connectivity index (χ3v) is 7.05. The largest absolute Gasteiger partial charge is 0.490 e. The SMILES string of the molecule is CN(C(=O)C(C)(C)c1cc(C(F)(F)F)cc(C(F)(F)F)c1)c1ccc2nc(CC(=O)O)ccc2c1-c1ccccc1.O=C(O)C(F)(F)F. The fraction of sp³-hybridized carbons (Fsp3) is 0.250. The summed E-state index contributed by atoms with van der Waals surface area (Å²) in [5.74, 6) is -4.57. The molecule has 48 heavy (non-hydrogen) atoms. The van der Waals surface area contributed by atoms with Crippen molar-refractivity contribution in [3.63, 3.8) is 0 Å². The molecule has 0 radical (unpaired) electrons. The predicted molar refractivity (Wildman–Crippen MR) is 155 cm³/mol. The number of amides is 1. The molecule has 0 spiro atoms. The number of hydrogen-bond donors (Lipinski definition) is 2. The lowest BCUT2D eigenvalue weighted by atomic mass is 9.81. The second-order valence-electron chi connectivity index (χ2n) is 10.9. The molecule has 7 nitrogen and oxygen atoms in total. The van der Waals surface area contributed by atoms with E-state index in [1.807, 2.05) is 0 Å². The van der Waals surface area contributed by atoms with E-state index in [-0.39, 0.29) is 12.5 Å². The third kappa shape index (κ3) is 8.60. The molecule has 1 aromatic heterocycles. The van der Waals surface area contributed by atoms with Crippen molar-refractivity contribution in [1.29, 1.82) is 0 Å². The van der Waals surface area contributed by atoms with E-state index in [4.69, 9.17) is 15.0 Å². The number of benzene rings is 3. The van der Waals surface area contributed by atoms with E-state index >= 15 is 0 Å². The summed E-state index contributed by atoms with van der Waals surface area (Å²) in [7, 11) is 1.39. The molecule has 3 aromatic carbocycles. The van der Waals surface area contributed by atoms with Gasteiger partial charge in [0.15, 0.2) is 0 Å². The van der Waals surface area contributed by atoms with E-state index in [1.54, 1.807) is 54.6 Å². The monoisotopic (exact) mass is 688 g/mol. The zero-order chi connectivity index (χ0) is 36.4. The van der Waals surface area contributed by atoms with E-state index in [0.29, 0.717) is 45.5 Å². The van der Waals surface area contributed by atoms with Crippen molar-refractivity contribution in [1.82, 2.24) is 4.98 Å². The molecule has 4 aromatic rings. The Kier molecular flexibility index (Phi) is 10.5. The van der Waals surface area contributed by atoms with Crippen LogP contribution < -0.4 is 4.90 Å². The Balaban J connectivity index is 0.000000804. The number of anilines is 1. The molecule has 0 bridgehead atoms. The van der Waals surface area contributed by atoms with Crippen molar-refractivity contribution in [2.45, 2.75) is 44.2 Å².